The largest absolute Gasteiger partial charge is 0.344 e. The van der Waals surface area contributed by atoms with Crippen molar-refractivity contribution in [3.63, 3.8) is 0 Å². The summed E-state index contributed by atoms with van der Waals surface area (Å²) in [5.41, 5.74) is -1.20. The molecule has 0 radical (unpaired) electrons. The summed E-state index contributed by atoms with van der Waals surface area (Å²) in [6.45, 7) is 10.8. The third-order valence-electron chi connectivity index (χ3n) is 2.13. The van der Waals surface area contributed by atoms with Gasteiger partial charge < -0.3 is 5.32 Å². The van der Waals surface area contributed by atoms with E-state index in [0.29, 0.717) is 6.42 Å². The number of nitrogens with one attached hydrogen (secondary N) is 1. The molecule has 0 rings (SSSR count). The number of carbonyl (C=O) groups excluding carboxylic acids is 2. The van der Waals surface area contributed by atoms with Crippen LogP contribution in [0.5, 0.6) is 0 Å². The van der Waals surface area contributed by atoms with E-state index in [1.807, 2.05) is 20.8 Å². The quantitative estimate of drug-likeness (QED) is 0.754. The molecule has 0 saturated carbocycles. The lowest BCUT2D eigenvalue weighted by molar-refractivity contribution is -0.135. The van der Waals surface area contributed by atoms with E-state index in [9.17, 15) is 9.59 Å². The molecule has 0 bridgehead atoms. The highest BCUT2D eigenvalue weighted by Crippen LogP contribution is 2.16. The second-order valence-electron chi connectivity index (χ2n) is 5.11. The number of hydrogen-bond donors (Lipinski definition) is 1. The Balaban J connectivity index is 4.53. The Morgan fingerprint density at radius 3 is 1.79 bits per heavy atom. The molecule has 0 heterocycles. The molecule has 14 heavy (non-hydrogen) atoms. The summed E-state index contributed by atoms with van der Waals surface area (Å²) in [6.07, 6.45) is 0.442. The maximum Gasteiger partial charge on any atom is 0.226 e. The molecule has 0 aromatic rings. The molecule has 1 N–H and O–H groups in total. The van der Waals surface area contributed by atoms with Crippen molar-refractivity contribution in [2.45, 2.75) is 53.5 Å². The zero-order valence-corrected chi connectivity index (χ0v) is 10.0. The van der Waals surface area contributed by atoms with Crippen LogP contribution in [0.3, 0.4) is 0 Å². The minimum Gasteiger partial charge on any atom is -0.344 e. The molecule has 0 aliphatic heterocycles. The Labute approximate surface area is 86.3 Å². The average Bonchev–Trinajstić information content (AvgIpc) is 2.00. The third-order valence-corrected chi connectivity index (χ3v) is 2.13. The van der Waals surface area contributed by atoms with Gasteiger partial charge in [0, 0.05) is 11.8 Å². The molecular formula is C11H21NO2. The van der Waals surface area contributed by atoms with Crippen molar-refractivity contribution in [1.29, 1.82) is 0 Å². The molecule has 3 heteroatoms. The molecule has 0 atom stereocenters. The molecule has 1 amide bonds. The molecule has 0 saturated heterocycles. The van der Waals surface area contributed by atoms with Gasteiger partial charge >= 0.3 is 0 Å². The zero-order chi connectivity index (χ0) is 11.6. The smallest absolute Gasteiger partial charge is 0.226 e. The van der Waals surface area contributed by atoms with Gasteiger partial charge in [-0.1, -0.05) is 27.7 Å². The van der Waals surface area contributed by atoms with Crippen LogP contribution < -0.4 is 5.32 Å². The van der Waals surface area contributed by atoms with Gasteiger partial charge in [0.2, 0.25) is 5.91 Å². The van der Waals surface area contributed by atoms with Gasteiger partial charge in [-0.2, -0.15) is 0 Å². The first-order valence-corrected chi connectivity index (χ1v) is 4.97. The summed E-state index contributed by atoms with van der Waals surface area (Å²) >= 11 is 0. The van der Waals surface area contributed by atoms with E-state index in [4.69, 9.17) is 0 Å². The molecule has 0 spiro atoms. The number of rotatable bonds is 3. The SMILES string of the molecule is CCC(=O)C(C)(C)NC(=O)C(C)(C)C. The Hall–Kier alpha value is -0.860. The van der Waals surface area contributed by atoms with E-state index < -0.39 is 11.0 Å². The van der Waals surface area contributed by atoms with Gasteiger partial charge in [0.15, 0.2) is 5.78 Å². The van der Waals surface area contributed by atoms with Crippen LogP contribution in [0.2, 0.25) is 0 Å². The van der Waals surface area contributed by atoms with Gasteiger partial charge in [0.25, 0.3) is 0 Å². The number of ketones is 1. The van der Waals surface area contributed by atoms with Gasteiger partial charge in [-0.05, 0) is 13.8 Å². The Morgan fingerprint density at radius 2 is 1.50 bits per heavy atom. The molecule has 82 valence electrons. The first-order chi connectivity index (χ1) is 6.11. The Morgan fingerprint density at radius 1 is 1.07 bits per heavy atom. The van der Waals surface area contributed by atoms with Gasteiger partial charge in [0.1, 0.15) is 0 Å². The van der Waals surface area contributed by atoms with Gasteiger partial charge in [-0.25, -0.2) is 0 Å². The predicted molar refractivity (Wildman–Crippen MR) is 57.0 cm³/mol. The first-order valence-electron chi connectivity index (χ1n) is 4.97. The molecule has 0 fully saturated rings. The molecule has 0 aromatic carbocycles. The maximum absolute atomic E-state index is 11.6. The van der Waals surface area contributed by atoms with E-state index in [1.54, 1.807) is 20.8 Å². The molecule has 0 aliphatic rings. The fourth-order valence-corrected chi connectivity index (χ4v) is 0.983. The van der Waals surface area contributed by atoms with Gasteiger partial charge in [-0.3, -0.25) is 9.59 Å². The van der Waals surface area contributed by atoms with Crippen molar-refractivity contribution < 1.29 is 9.59 Å². The van der Waals surface area contributed by atoms with Crippen LogP contribution in [0.1, 0.15) is 48.0 Å². The van der Waals surface area contributed by atoms with Crippen LogP contribution in [-0.4, -0.2) is 17.2 Å². The van der Waals surface area contributed by atoms with E-state index >= 15 is 0 Å². The first kappa shape index (κ1) is 13.1. The molecule has 0 aliphatic carbocycles. The molecular weight excluding hydrogens is 178 g/mol. The van der Waals surface area contributed by atoms with Crippen molar-refractivity contribution in [2.24, 2.45) is 5.41 Å². The number of hydrogen-bond acceptors (Lipinski definition) is 2. The highest BCUT2D eigenvalue weighted by atomic mass is 16.2. The van der Waals surface area contributed by atoms with Gasteiger partial charge in [-0.15, -0.1) is 0 Å². The summed E-state index contributed by atoms with van der Waals surface area (Å²) in [4.78, 5) is 23.1. The lowest BCUT2D eigenvalue weighted by Gasteiger charge is -2.28. The summed E-state index contributed by atoms with van der Waals surface area (Å²) in [5, 5.41) is 2.76. The summed E-state index contributed by atoms with van der Waals surface area (Å²) in [6, 6.07) is 0. The monoisotopic (exact) mass is 199 g/mol. The van der Waals surface area contributed by atoms with E-state index in [0.717, 1.165) is 0 Å². The number of Topliss-reactive ketones (excluding diaryl/α,β-unsaturated/α-hetero) is 1. The second kappa shape index (κ2) is 4.11. The standard InChI is InChI=1S/C11H21NO2/c1-7-8(13)11(5,6)12-9(14)10(2,3)4/h7H2,1-6H3,(H,12,14). The van der Waals surface area contributed by atoms with Crippen LogP contribution in [0, 0.1) is 5.41 Å². The minimum atomic E-state index is -0.751. The summed E-state index contributed by atoms with van der Waals surface area (Å²) in [7, 11) is 0. The zero-order valence-electron chi connectivity index (χ0n) is 10.0. The maximum atomic E-state index is 11.6. The van der Waals surface area contributed by atoms with Crippen molar-refractivity contribution in [2.75, 3.05) is 0 Å². The van der Waals surface area contributed by atoms with E-state index in [1.165, 1.54) is 0 Å². The molecule has 3 nitrogen and oxygen atoms in total. The number of amides is 1. The lowest BCUT2D eigenvalue weighted by Crippen LogP contribution is -2.52. The van der Waals surface area contributed by atoms with E-state index in [2.05, 4.69) is 5.32 Å². The van der Waals surface area contributed by atoms with E-state index in [-0.39, 0.29) is 11.7 Å². The Kier molecular flexibility index (Phi) is 3.86. The average molecular weight is 199 g/mol. The van der Waals surface area contributed by atoms with Crippen molar-refractivity contribution in [3.8, 4) is 0 Å². The van der Waals surface area contributed by atoms with Crippen LogP contribution in [-0.2, 0) is 9.59 Å². The Bertz CT molecular complexity index is 236. The van der Waals surface area contributed by atoms with Gasteiger partial charge in [0.05, 0.1) is 5.54 Å². The lowest BCUT2D eigenvalue weighted by atomic mass is 9.91. The van der Waals surface area contributed by atoms with Crippen molar-refractivity contribution in [3.05, 3.63) is 0 Å². The van der Waals surface area contributed by atoms with Crippen molar-refractivity contribution >= 4 is 11.7 Å². The van der Waals surface area contributed by atoms with Crippen LogP contribution >= 0.6 is 0 Å². The highest BCUT2D eigenvalue weighted by Gasteiger charge is 2.31. The van der Waals surface area contributed by atoms with Crippen LogP contribution in [0.15, 0.2) is 0 Å². The third kappa shape index (κ3) is 3.48. The predicted octanol–water partition coefficient (Wildman–Crippen LogP) is 1.91. The molecule has 0 unspecified atom stereocenters. The van der Waals surface area contributed by atoms with Crippen LogP contribution in [0.4, 0.5) is 0 Å². The fraction of sp³-hybridized carbons (Fsp3) is 0.818. The summed E-state index contributed by atoms with van der Waals surface area (Å²) < 4.78 is 0. The summed E-state index contributed by atoms with van der Waals surface area (Å²) in [5.74, 6) is -0.0422. The van der Waals surface area contributed by atoms with Crippen molar-refractivity contribution in [1.82, 2.24) is 5.32 Å². The molecule has 0 aromatic heterocycles. The number of carbonyl (C=O) groups is 2. The normalized spacial score (nSPS) is 12.4. The minimum absolute atomic E-state index is 0.0510. The van der Waals surface area contributed by atoms with Crippen LogP contribution in [0.25, 0.3) is 0 Å². The fourth-order valence-electron chi connectivity index (χ4n) is 0.983. The second-order valence-corrected chi connectivity index (χ2v) is 5.11. The highest BCUT2D eigenvalue weighted by molar-refractivity contribution is 5.93. The topological polar surface area (TPSA) is 46.2 Å².